The molecule has 0 radical (unpaired) electrons. The van der Waals surface area contributed by atoms with Gasteiger partial charge in [0.15, 0.2) is 6.61 Å². The van der Waals surface area contributed by atoms with E-state index in [4.69, 9.17) is 4.74 Å². The second kappa shape index (κ2) is 8.47. The maximum atomic E-state index is 12.2. The Hall–Kier alpha value is -3.49. The minimum Gasteiger partial charge on any atom is -0.484 e. The molecule has 28 heavy (non-hydrogen) atoms. The Morgan fingerprint density at radius 3 is 2.68 bits per heavy atom. The minimum absolute atomic E-state index is 0.0843. The molecule has 0 atom stereocenters. The van der Waals surface area contributed by atoms with E-state index in [1.165, 1.54) is 12.1 Å². The highest BCUT2D eigenvalue weighted by Gasteiger charge is 2.28. The van der Waals surface area contributed by atoms with Crippen molar-refractivity contribution >= 4 is 11.7 Å². The van der Waals surface area contributed by atoms with E-state index in [1.807, 2.05) is 12.1 Å². The van der Waals surface area contributed by atoms with Crippen molar-refractivity contribution in [1.29, 1.82) is 0 Å². The Balaban J connectivity index is 1.58. The number of anilines is 1. The molecule has 2 amide bonds. The zero-order chi connectivity index (χ0) is 20.0. The molecule has 0 unspecified atom stereocenters. The molecular formula is C19H17F3N4O2. The first kappa shape index (κ1) is 19.3. The maximum Gasteiger partial charge on any atom is 0.422 e. The van der Waals surface area contributed by atoms with Crippen LogP contribution in [0, 0.1) is 0 Å². The molecule has 0 bridgehead atoms. The summed E-state index contributed by atoms with van der Waals surface area (Å²) in [6.07, 6.45) is -1.02. The Bertz CT molecular complexity index is 927. The van der Waals surface area contributed by atoms with Crippen LogP contribution in [0.5, 0.6) is 5.75 Å². The molecule has 146 valence electrons. The van der Waals surface area contributed by atoms with E-state index in [0.29, 0.717) is 16.9 Å². The number of ether oxygens (including phenoxy) is 1. The number of hydrogen-bond donors (Lipinski definition) is 2. The van der Waals surface area contributed by atoms with Crippen molar-refractivity contribution in [2.24, 2.45) is 0 Å². The lowest BCUT2D eigenvalue weighted by Crippen LogP contribution is -2.28. The summed E-state index contributed by atoms with van der Waals surface area (Å²) in [5, 5.41) is 9.54. The second-order valence-electron chi connectivity index (χ2n) is 5.83. The SMILES string of the molecule is O=C(NCc1cccc(OCC(F)(F)F)c1)Nc1ccccc1-n1cccn1. The van der Waals surface area contributed by atoms with E-state index in [-0.39, 0.29) is 12.3 Å². The van der Waals surface area contributed by atoms with Gasteiger partial charge in [0, 0.05) is 18.9 Å². The number of para-hydroxylation sites is 2. The largest absolute Gasteiger partial charge is 0.484 e. The Morgan fingerprint density at radius 1 is 1.11 bits per heavy atom. The first-order chi connectivity index (χ1) is 13.4. The van der Waals surface area contributed by atoms with Crippen LogP contribution in [0.1, 0.15) is 5.56 Å². The summed E-state index contributed by atoms with van der Waals surface area (Å²) in [5.41, 5.74) is 1.87. The lowest BCUT2D eigenvalue weighted by Gasteiger charge is -2.13. The zero-order valence-corrected chi connectivity index (χ0v) is 14.6. The molecule has 0 saturated heterocycles. The van der Waals surface area contributed by atoms with E-state index in [0.717, 1.165) is 0 Å². The Kier molecular flexibility index (Phi) is 5.83. The van der Waals surface area contributed by atoms with Gasteiger partial charge in [0.1, 0.15) is 5.75 Å². The highest BCUT2D eigenvalue weighted by molar-refractivity contribution is 5.91. The van der Waals surface area contributed by atoms with Gasteiger partial charge in [-0.2, -0.15) is 18.3 Å². The van der Waals surface area contributed by atoms with Gasteiger partial charge in [-0.15, -0.1) is 0 Å². The van der Waals surface area contributed by atoms with Crippen LogP contribution in [-0.4, -0.2) is 28.6 Å². The molecule has 9 heteroatoms. The van der Waals surface area contributed by atoms with Crippen molar-refractivity contribution in [3.8, 4) is 11.4 Å². The molecule has 0 spiro atoms. The van der Waals surface area contributed by atoms with Gasteiger partial charge >= 0.3 is 12.2 Å². The highest BCUT2D eigenvalue weighted by atomic mass is 19.4. The third-order valence-corrected chi connectivity index (χ3v) is 3.66. The first-order valence-electron chi connectivity index (χ1n) is 8.33. The van der Waals surface area contributed by atoms with Gasteiger partial charge in [-0.05, 0) is 35.9 Å². The topological polar surface area (TPSA) is 68.2 Å². The lowest BCUT2D eigenvalue weighted by molar-refractivity contribution is -0.153. The van der Waals surface area contributed by atoms with E-state index < -0.39 is 18.8 Å². The van der Waals surface area contributed by atoms with Crippen molar-refractivity contribution in [1.82, 2.24) is 15.1 Å². The number of hydrogen-bond acceptors (Lipinski definition) is 3. The van der Waals surface area contributed by atoms with Crippen LogP contribution in [0.4, 0.5) is 23.7 Å². The molecule has 3 aromatic rings. The number of carbonyl (C=O) groups excluding carboxylic acids is 1. The van der Waals surface area contributed by atoms with Crippen molar-refractivity contribution in [3.63, 3.8) is 0 Å². The molecule has 6 nitrogen and oxygen atoms in total. The molecule has 0 saturated carbocycles. The summed E-state index contributed by atoms with van der Waals surface area (Å²) in [6.45, 7) is -1.24. The Labute approximate surface area is 158 Å². The molecule has 0 fully saturated rings. The number of nitrogens with one attached hydrogen (secondary N) is 2. The quantitative estimate of drug-likeness (QED) is 0.665. The van der Waals surface area contributed by atoms with Crippen LogP contribution < -0.4 is 15.4 Å². The molecule has 1 aromatic heterocycles. The fourth-order valence-corrected chi connectivity index (χ4v) is 2.45. The predicted octanol–water partition coefficient (Wildman–Crippen LogP) is 4.14. The van der Waals surface area contributed by atoms with Gasteiger partial charge in [0.25, 0.3) is 0 Å². The molecule has 0 aliphatic rings. The highest BCUT2D eigenvalue weighted by Crippen LogP contribution is 2.20. The number of nitrogens with zero attached hydrogens (tertiary/aromatic N) is 2. The van der Waals surface area contributed by atoms with E-state index in [1.54, 1.807) is 47.4 Å². The smallest absolute Gasteiger partial charge is 0.422 e. The van der Waals surface area contributed by atoms with Crippen molar-refractivity contribution < 1.29 is 22.7 Å². The third kappa shape index (κ3) is 5.50. The molecule has 2 aromatic carbocycles. The number of urea groups is 1. The number of carbonyl (C=O) groups is 1. The second-order valence-corrected chi connectivity index (χ2v) is 5.83. The maximum absolute atomic E-state index is 12.2. The number of rotatable bonds is 6. The summed E-state index contributed by atoms with van der Waals surface area (Å²) in [5.74, 6) is 0.0843. The van der Waals surface area contributed by atoms with Gasteiger partial charge in [-0.1, -0.05) is 24.3 Å². The van der Waals surface area contributed by atoms with Crippen LogP contribution in [0.3, 0.4) is 0 Å². The normalized spacial score (nSPS) is 11.1. The van der Waals surface area contributed by atoms with Crippen molar-refractivity contribution in [2.75, 3.05) is 11.9 Å². The Morgan fingerprint density at radius 2 is 1.93 bits per heavy atom. The van der Waals surface area contributed by atoms with Crippen molar-refractivity contribution in [2.45, 2.75) is 12.7 Å². The van der Waals surface area contributed by atoms with Gasteiger partial charge in [0.2, 0.25) is 0 Å². The number of aromatic nitrogens is 2. The predicted molar refractivity (Wildman–Crippen MR) is 97.4 cm³/mol. The molecule has 2 N–H and O–H groups in total. The summed E-state index contributed by atoms with van der Waals surface area (Å²) < 4.78 is 43.1. The van der Waals surface area contributed by atoms with E-state index in [2.05, 4.69) is 15.7 Å². The van der Waals surface area contributed by atoms with Crippen LogP contribution in [-0.2, 0) is 6.54 Å². The fraction of sp³-hybridized carbons (Fsp3) is 0.158. The van der Waals surface area contributed by atoms with Gasteiger partial charge < -0.3 is 15.4 Å². The summed E-state index contributed by atoms with van der Waals surface area (Å²) >= 11 is 0. The summed E-state index contributed by atoms with van der Waals surface area (Å²) in [4.78, 5) is 12.2. The summed E-state index contributed by atoms with van der Waals surface area (Å²) in [6, 6.07) is 14.6. The van der Waals surface area contributed by atoms with Crippen LogP contribution in [0.2, 0.25) is 0 Å². The average Bonchev–Trinajstić information content (AvgIpc) is 3.20. The first-order valence-corrected chi connectivity index (χ1v) is 8.33. The molecule has 0 aliphatic carbocycles. The third-order valence-electron chi connectivity index (χ3n) is 3.66. The van der Waals surface area contributed by atoms with Crippen LogP contribution in [0.15, 0.2) is 67.0 Å². The van der Waals surface area contributed by atoms with E-state index >= 15 is 0 Å². The standard InChI is InChI=1S/C19H17F3N4O2/c20-19(21,22)13-28-15-6-3-5-14(11-15)12-23-18(27)25-16-7-1-2-8-17(16)26-10-4-9-24-26/h1-11H,12-13H2,(H2,23,25,27). The van der Waals surface area contributed by atoms with Gasteiger partial charge in [-0.25, -0.2) is 9.48 Å². The number of alkyl halides is 3. The van der Waals surface area contributed by atoms with Crippen molar-refractivity contribution in [3.05, 3.63) is 72.6 Å². The molecule has 3 rings (SSSR count). The van der Waals surface area contributed by atoms with Crippen LogP contribution in [0.25, 0.3) is 5.69 Å². The van der Waals surface area contributed by atoms with Gasteiger partial charge in [0.05, 0.1) is 11.4 Å². The number of benzene rings is 2. The van der Waals surface area contributed by atoms with Crippen LogP contribution >= 0.6 is 0 Å². The van der Waals surface area contributed by atoms with Gasteiger partial charge in [-0.3, -0.25) is 0 Å². The molecule has 1 heterocycles. The minimum atomic E-state index is -4.41. The zero-order valence-electron chi connectivity index (χ0n) is 14.6. The summed E-state index contributed by atoms with van der Waals surface area (Å²) in [7, 11) is 0. The average molecular weight is 390 g/mol. The monoisotopic (exact) mass is 390 g/mol. The number of amides is 2. The molecule has 0 aliphatic heterocycles. The molecular weight excluding hydrogens is 373 g/mol. The fourth-order valence-electron chi connectivity index (χ4n) is 2.45. The lowest BCUT2D eigenvalue weighted by atomic mass is 10.2. The van der Waals surface area contributed by atoms with E-state index in [9.17, 15) is 18.0 Å². The number of halogens is 3.